The zero-order valence-corrected chi connectivity index (χ0v) is 17.9. The SMILES string of the molecule is CC(C)[C@H](N)C(=O)NCC(=O)N1CCC(NC(=O)NC2CCCCC2)CC1.Cl. The number of piperidine rings is 1. The lowest BCUT2D eigenvalue weighted by Gasteiger charge is -2.33. The molecule has 1 atom stereocenters. The van der Waals surface area contributed by atoms with Crippen molar-refractivity contribution in [2.24, 2.45) is 11.7 Å². The quantitative estimate of drug-likeness (QED) is 0.518. The van der Waals surface area contributed by atoms with Gasteiger partial charge in [0, 0.05) is 25.2 Å². The fraction of sp³-hybridized carbons (Fsp3) is 0.842. The molecule has 1 aliphatic carbocycles. The van der Waals surface area contributed by atoms with Gasteiger partial charge in [-0.15, -0.1) is 12.4 Å². The third-order valence-corrected chi connectivity index (χ3v) is 5.56. The van der Waals surface area contributed by atoms with E-state index in [0.717, 1.165) is 25.7 Å². The van der Waals surface area contributed by atoms with Gasteiger partial charge in [-0.1, -0.05) is 33.1 Å². The summed E-state index contributed by atoms with van der Waals surface area (Å²) >= 11 is 0. The zero-order chi connectivity index (χ0) is 19.8. The van der Waals surface area contributed by atoms with Gasteiger partial charge in [-0.2, -0.15) is 0 Å². The number of amides is 4. The van der Waals surface area contributed by atoms with Crippen molar-refractivity contribution in [1.29, 1.82) is 0 Å². The van der Waals surface area contributed by atoms with Gasteiger partial charge in [0.2, 0.25) is 11.8 Å². The Labute approximate surface area is 174 Å². The Bertz CT molecular complexity index is 518. The molecule has 1 aliphatic heterocycles. The average Bonchev–Trinajstić information content (AvgIpc) is 2.66. The van der Waals surface area contributed by atoms with E-state index in [4.69, 9.17) is 5.73 Å². The molecule has 4 amide bonds. The Balaban J connectivity index is 0.00000392. The van der Waals surface area contributed by atoms with Crippen molar-refractivity contribution < 1.29 is 14.4 Å². The van der Waals surface area contributed by atoms with Crippen molar-refractivity contribution in [2.75, 3.05) is 19.6 Å². The third-order valence-electron chi connectivity index (χ3n) is 5.56. The van der Waals surface area contributed by atoms with Crippen LogP contribution in [0, 0.1) is 5.92 Å². The summed E-state index contributed by atoms with van der Waals surface area (Å²) in [5.41, 5.74) is 5.77. The molecule has 0 aromatic heterocycles. The lowest BCUT2D eigenvalue weighted by atomic mass is 9.96. The molecule has 0 aromatic carbocycles. The van der Waals surface area contributed by atoms with Crippen LogP contribution >= 0.6 is 12.4 Å². The molecule has 1 saturated carbocycles. The monoisotopic (exact) mass is 417 g/mol. The fourth-order valence-electron chi connectivity index (χ4n) is 3.63. The minimum absolute atomic E-state index is 0. The standard InChI is InChI=1S/C19H35N5O3.ClH/c1-13(2)17(20)18(26)21-12-16(25)24-10-8-15(9-11-24)23-19(27)22-14-6-4-3-5-7-14;/h13-15,17H,3-12,20H2,1-2H3,(H,21,26)(H2,22,23,27);1H/t17-;/m0./s1. The summed E-state index contributed by atoms with van der Waals surface area (Å²) in [6.07, 6.45) is 7.20. The van der Waals surface area contributed by atoms with Gasteiger partial charge in [0.25, 0.3) is 0 Å². The van der Waals surface area contributed by atoms with E-state index in [0.29, 0.717) is 19.1 Å². The highest BCUT2D eigenvalue weighted by Crippen LogP contribution is 2.17. The van der Waals surface area contributed by atoms with Gasteiger partial charge in [-0.3, -0.25) is 9.59 Å². The maximum atomic E-state index is 12.3. The summed E-state index contributed by atoms with van der Waals surface area (Å²) in [4.78, 5) is 38.0. The number of nitrogens with two attached hydrogens (primary N) is 1. The molecule has 0 unspecified atom stereocenters. The van der Waals surface area contributed by atoms with E-state index in [1.165, 1.54) is 19.3 Å². The number of carbonyl (C=O) groups excluding carboxylic acids is 3. The zero-order valence-electron chi connectivity index (χ0n) is 17.0. The van der Waals surface area contributed by atoms with Crippen LogP contribution in [-0.4, -0.2) is 60.5 Å². The predicted octanol–water partition coefficient (Wildman–Crippen LogP) is 1.13. The number of hydrogen-bond donors (Lipinski definition) is 4. The number of urea groups is 1. The highest BCUT2D eigenvalue weighted by Gasteiger charge is 2.25. The second-order valence-electron chi connectivity index (χ2n) is 8.10. The molecule has 1 heterocycles. The van der Waals surface area contributed by atoms with Crippen LogP contribution in [0.1, 0.15) is 58.8 Å². The number of hydrogen-bond acceptors (Lipinski definition) is 4. The molecule has 162 valence electrons. The molecule has 0 bridgehead atoms. The van der Waals surface area contributed by atoms with Crippen molar-refractivity contribution in [3.05, 3.63) is 0 Å². The van der Waals surface area contributed by atoms with E-state index in [1.54, 1.807) is 4.90 Å². The van der Waals surface area contributed by atoms with Gasteiger partial charge in [-0.05, 0) is 31.6 Å². The first-order valence-corrected chi connectivity index (χ1v) is 10.2. The van der Waals surface area contributed by atoms with Crippen molar-refractivity contribution >= 4 is 30.3 Å². The molecule has 8 nitrogen and oxygen atoms in total. The molecule has 28 heavy (non-hydrogen) atoms. The van der Waals surface area contributed by atoms with Crippen molar-refractivity contribution in [3.8, 4) is 0 Å². The maximum absolute atomic E-state index is 12.3. The number of likely N-dealkylation sites (tertiary alicyclic amines) is 1. The van der Waals surface area contributed by atoms with Crippen LogP contribution in [0.15, 0.2) is 0 Å². The van der Waals surface area contributed by atoms with Gasteiger partial charge in [0.15, 0.2) is 0 Å². The minimum atomic E-state index is -0.601. The van der Waals surface area contributed by atoms with Gasteiger partial charge < -0.3 is 26.6 Å². The lowest BCUT2D eigenvalue weighted by molar-refractivity contribution is -0.134. The van der Waals surface area contributed by atoms with Gasteiger partial charge in [0.1, 0.15) is 0 Å². The highest BCUT2D eigenvalue weighted by atomic mass is 35.5. The van der Waals surface area contributed by atoms with Crippen LogP contribution in [-0.2, 0) is 9.59 Å². The van der Waals surface area contributed by atoms with Crippen LogP contribution in [0.4, 0.5) is 4.79 Å². The molecule has 0 spiro atoms. The van der Waals surface area contributed by atoms with Gasteiger partial charge in [-0.25, -0.2) is 4.79 Å². The van der Waals surface area contributed by atoms with Crippen LogP contribution in [0.25, 0.3) is 0 Å². The minimum Gasteiger partial charge on any atom is -0.346 e. The first-order chi connectivity index (χ1) is 12.9. The number of rotatable bonds is 6. The number of nitrogens with zero attached hydrogens (tertiary/aromatic N) is 1. The van der Waals surface area contributed by atoms with Crippen LogP contribution in [0.3, 0.4) is 0 Å². The molecular formula is C19H36ClN5O3. The van der Waals surface area contributed by atoms with Crippen LogP contribution < -0.4 is 21.7 Å². The van der Waals surface area contributed by atoms with Crippen LogP contribution in [0.5, 0.6) is 0 Å². The molecule has 2 aliphatic rings. The Kier molecular flexibility index (Phi) is 10.6. The summed E-state index contributed by atoms with van der Waals surface area (Å²) in [5.74, 6) is -0.375. The molecule has 5 N–H and O–H groups in total. The molecule has 2 rings (SSSR count). The number of carbonyl (C=O) groups is 3. The van der Waals surface area contributed by atoms with Gasteiger partial charge >= 0.3 is 6.03 Å². The Morgan fingerprint density at radius 3 is 2.04 bits per heavy atom. The summed E-state index contributed by atoms with van der Waals surface area (Å²) < 4.78 is 0. The molecule has 0 radical (unpaired) electrons. The van der Waals surface area contributed by atoms with Crippen molar-refractivity contribution in [3.63, 3.8) is 0 Å². The Morgan fingerprint density at radius 2 is 1.50 bits per heavy atom. The highest BCUT2D eigenvalue weighted by molar-refractivity contribution is 5.87. The van der Waals surface area contributed by atoms with E-state index >= 15 is 0 Å². The molecule has 0 aromatic rings. The lowest BCUT2D eigenvalue weighted by Crippen LogP contribution is -2.53. The summed E-state index contributed by atoms with van der Waals surface area (Å²) in [6, 6.07) is -0.320. The van der Waals surface area contributed by atoms with E-state index in [1.807, 2.05) is 13.8 Å². The topological polar surface area (TPSA) is 117 Å². The second-order valence-corrected chi connectivity index (χ2v) is 8.10. The Morgan fingerprint density at radius 1 is 0.964 bits per heavy atom. The normalized spacial score (nSPS) is 19.5. The van der Waals surface area contributed by atoms with Crippen molar-refractivity contribution in [2.45, 2.75) is 76.9 Å². The fourth-order valence-corrected chi connectivity index (χ4v) is 3.63. The van der Waals surface area contributed by atoms with Crippen molar-refractivity contribution in [1.82, 2.24) is 20.9 Å². The maximum Gasteiger partial charge on any atom is 0.315 e. The van der Waals surface area contributed by atoms with Crippen LogP contribution in [0.2, 0.25) is 0 Å². The summed E-state index contributed by atoms with van der Waals surface area (Å²) in [7, 11) is 0. The largest absolute Gasteiger partial charge is 0.346 e. The Hall–Kier alpha value is -1.54. The van der Waals surface area contributed by atoms with E-state index in [9.17, 15) is 14.4 Å². The molecule has 9 heteroatoms. The predicted molar refractivity (Wildman–Crippen MR) is 111 cm³/mol. The number of halogens is 1. The summed E-state index contributed by atoms with van der Waals surface area (Å²) in [6.45, 7) is 4.88. The van der Waals surface area contributed by atoms with E-state index in [-0.39, 0.29) is 48.8 Å². The summed E-state index contributed by atoms with van der Waals surface area (Å²) in [5, 5.41) is 8.71. The third kappa shape index (κ3) is 7.83. The first-order valence-electron chi connectivity index (χ1n) is 10.2. The van der Waals surface area contributed by atoms with E-state index < -0.39 is 6.04 Å². The second kappa shape index (κ2) is 12.1. The molecule has 1 saturated heterocycles. The average molecular weight is 418 g/mol. The molecular weight excluding hydrogens is 382 g/mol. The first kappa shape index (κ1) is 24.5. The van der Waals surface area contributed by atoms with E-state index in [2.05, 4.69) is 16.0 Å². The molecule has 2 fully saturated rings. The number of nitrogens with one attached hydrogen (secondary N) is 3. The van der Waals surface area contributed by atoms with Gasteiger partial charge in [0.05, 0.1) is 12.6 Å². The smallest absolute Gasteiger partial charge is 0.315 e.